The molecule has 8 aromatic carbocycles. The Morgan fingerprint density at radius 2 is 0.896 bits per heavy atom. The van der Waals surface area contributed by atoms with Crippen molar-refractivity contribution in [3.05, 3.63) is 163 Å². The number of para-hydroxylation sites is 2. The van der Waals surface area contributed by atoms with Crippen LogP contribution in [0.25, 0.3) is 88.3 Å². The highest BCUT2D eigenvalue weighted by atomic mass is 19.2. The van der Waals surface area contributed by atoms with Gasteiger partial charge in [0.1, 0.15) is 5.52 Å². The lowest BCUT2D eigenvalue weighted by molar-refractivity contribution is 0.448. The second-order valence-corrected chi connectivity index (χ2v) is 11.9. The van der Waals surface area contributed by atoms with Crippen LogP contribution in [-0.2, 0) is 0 Å². The molecule has 9 aromatic rings. The van der Waals surface area contributed by atoms with Crippen LogP contribution >= 0.6 is 0 Å². The predicted octanol–water partition coefficient (Wildman–Crippen LogP) is 12.4. The molecule has 0 N–H and O–H groups in total. The molecule has 228 valence electrons. The first-order chi connectivity index (χ1) is 23.5. The van der Waals surface area contributed by atoms with Gasteiger partial charge in [-0.1, -0.05) is 97.1 Å². The van der Waals surface area contributed by atoms with Crippen LogP contribution in [0, 0.1) is 17.5 Å². The Morgan fingerprint density at radius 3 is 1.50 bits per heavy atom. The number of hydrogen-bond donors (Lipinski definition) is 0. The van der Waals surface area contributed by atoms with E-state index in [9.17, 15) is 13.2 Å². The molecule has 0 atom stereocenters. The fourth-order valence-electron chi connectivity index (χ4n) is 6.83. The minimum absolute atomic E-state index is 0.290. The Balaban J connectivity index is 1.14. The van der Waals surface area contributed by atoms with Gasteiger partial charge < -0.3 is 4.42 Å². The zero-order valence-corrected chi connectivity index (χ0v) is 25.3. The summed E-state index contributed by atoms with van der Waals surface area (Å²) >= 11 is 0. The number of fused-ring (bicyclic) bond motifs is 4. The van der Waals surface area contributed by atoms with Crippen LogP contribution in [0.4, 0.5) is 13.2 Å². The van der Waals surface area contributed by atoms with Crippen molar-refractivity contribution in [2.24, 2.45) is 0 Å². The summed E-state index contributed by atoms with van der Waals surface area (Å²) in [5.74, 6) is -3.30. The molecule has 0 bridgehead atoms. The molecule has 0 aliphatic rings. The lowest BCUT2D eigenvalue weighted by Crippen LogP contribution is -1.95. The summed E-state index contributed by atoms with van der Waals surface area (Å²) in [4.78, 5) is 4.62. The first kappa shape index (κ1) is 28.1. The molecule has 0 saturated carbocycles. The topological polar surface area (TPSA) is 26.0 Å². The molecule has 0 fully saturated rings. The van der Waals surface area contributed by atoms with Gasteiger partial charge in [0, 0.05) is 5.56 Å². The highest BCUT2D eigenvalue weighted by molar-refractivity contribution is 6.21. The third-order valence-corrected chi connectivity index (χ3v) is 9.09. The van der Waals surface area contributed by atoms with Gasteiger partial charge in [-0.05, 0) is 114 Å². The standard InChI is InChI=1S/C43H24F3NO/c44-36-23-31(24-37(45)42(36)46)41-34-9-3-1-7-32(34)40(33-8-2-4-10-35(33)41)30-20-19-28-21-27(17-18-29(28)22-30)25-13-15-26(16-14-25)43-47-38-11-5-6-12-39(38)48-43/h1-24H. The van der Waals surface area contributed by atoms with Crippen LogP contribution < -0.4 is 0 Å². The third kappa shape index (κ3) is 4.55. The quantitative estimate of drug-likeness (QED) is 0.143. The van der Waals surface area contributed by atoms with E-state index in [2.05, 4.69) is 53.5 Å². The van der Waals surface area contributed by atoms with Gasteiger partial charge in [0.2, 0.25) is 5.89 Å². The average Bonchev–Trinajstić information content (AvgIpc) is 3.57. The second-order valence-electron chi connectivity index (χ2n) is 11.9. The molecule has 0 aliphatic heterocycles. The van der Waals surface area contributed by atoms with Gasteiger partial charge in [-0.3, -0.25) is 0 Å². The number of hydrogen-bond acceptors (Lipinski definition) is 2. The average molecular weight is 628 g/mol. The maximum absolute atomic E-state index is 14.5. The SMILES string of the molecule is Fc1cc(-c2c3ccccc3c(-c3ccc4cc(-c5ccc(-c6nc7ccccc7o6)cc5)ccc4c3)c3ccccc23)cc(F)c1F. The molecule has 0 aliphatic carbocycles. The highest BCUT2D eigenvalue weighted by Crippen LogP contribution is 2.44. The molecule has 1 aromatic heterocycles. The van der Waals surface area contributed by atoms with E-state index in [-0.39, 0.29) is 0 Å². The predicted molar refractivity (Wildman–Crippen MR) is 188 cm³/mol. The van der Waals surface area contributed by atoms with E-state index in [1.165, 1.54) is 0 Å². The van der Waals surface area contributed by atoms with Crippen LogP contribution in [0.15, 0.2) is 150 Å². The minimum Gasteiger partial charge on any atom is -0.436 e. The third-order valence-electron chi connectivity index (χ3n) is 9.09. The largest absolute Gasteiger partial charge is 0.436 e. The van der Waals surface area contributed by atoms with E-state index < -0.39 is 17.5 Å². The summed E-state index contributed by atoms with van der Waals surface area (Å²) in [6.45, 7) is 0. The summed E-state index contributed by atoms with van der Waals surface area (Å²) in [6.07, 6.45) is 0. The molecule has 2 nitrogen and oxygen atoms in total. The molecular formula is C43H24F3NO. The molecule has 0 radical (unpaired) electrons. The molecule has 48 heavy (non-hydrogen) atoms. The monoisotopic (exact) mass is 627 g/mol. The summed E-state index contributed by atoms with van der Waals surface area (Å²) in [5, 5.41) is 5.71. The normalized spacial score (nSPS) is 11.6. The van der Waals surface area contributed by atoms with E-state index in [1.807, 2.05) is 84.9 Å². The summed E-state index contributed by atoms with van der Waals surface area (Å²) < 4.78 is 48.8. The first-order valence-corrected chi connectivity index (χ1v) is 15.6. The van der Waals surface area contributed by atoms with Crippen LogP contribution in [0.2, 0.25) is 0 Å². The Hall–Kier alpha value is -6.20. The van der Waals surface area contributed by atoms with Crippen LogP contribution in [0.3, 0.4) is 0 Å². The first-order valence-electron chi connectivity index (χ1n) is 15.6. The smallest absolute Gasteiger partial charge is 0.227 e. The highest BCUT2D eigenvalue weighted by Gasteiger charge is 2.19. The molecule has 5 heteroatoms. The fraction of sp³-hybridized carbons (Fsp3) is 0. The lowest BCUT2D eigenvalue weighted by Gasteiger charge is -2.18. The van der Waals surface area contributed by atoms with Gasteiger partial charge in [0.05, 0.1) is 0 Å². The Labute approximate surface area is 273 Å². The fourth-order valence-corrected chi connectivity index (χ4v) is 6.83. The lowest BCUT2D eigenvalue weighted by atomic mass is 9.85. The van der Waals surface area contributed by atoms with E-state index in [4.69, 9.17) is 4.42 Å². The molecular weight excluding hydrogens is 603 g/mol. The van der Waals surface area contributed by atoms with Crippen molar-refractivity contribution in [1.82, 2.24) is 4.98 Å². The summed E-state index contributed by atoms with van der Waals surface area (Å²) in [7, 11) is 0. The second kappa shape index (κ2) is 11.0. The van der Waals surface area contributed by atoms with Crippen molar-refractivity contribution >= 4 is 43.4 Å². The van der Waals surface area contributed by atoms with Crippen molar-refractivity contribution in [2.45, 2.75) is 0 Å². The number of rotatable bonds is 4. The van der Waals surface area contributed by atoms with Gasteiger partial charge in [-0.2, -0.15) is 0 Å². The zero-order chi connectivity index (χ0) is 32.4. The van der Waals surface area contributed by atoms with E-state index in [0.717, 1.165) is 83.4 Å². The summed E-state index contributed by atoms with van der Waals surface area (Å²) in [6, 6.07) is 46.6. The van der Waals surface area contributed by atoms with Crippen molar-refractivity contribution in [1.29, 1.82) is 0 Å². The van der Waals surface area contributed by atoms with Crippen molar-refractivity contribution in [3.8, 4) is 44.8 Å². The van der Waals surface area contributed by atoms with E-state index in [0.29, 0.717) is 17.0 Å². The molecule has 0 spiro atoms. The zero-order valence-electron chi connectivity index (χ0n) is 25.3. The molecule has 9 rings (SSSR count). The number of aromatic nitrogens is 1. The molecule has 0 amide bonds. The van der Waals surface area contributed by atoms with Crippen LogP contribution in [0.1, 0.15) is 0 Å². The summed E-state index contributed by atoms with van der Waals surface area (Å²) in [5.41, 5.74) is 7.69. The van der Waals surface area contributed by atoms with Crippen LogP contribution in [-0.4, -0.2) is 4.98 Å². The minimum atomic E-state index is -1.47. The maximum atomic E-state index is 14.5. The maximum Gasteiger partial charge on any atom is 0.227 e. The van der Waals surface area contributed by atoms with Crippen molar-refractivity contribution < 1.29 is 17.6 Å². The van der Waals surface area contributed by atoms with Crippen molar-refractivity contribution in [2.75, 3.05) is 0 Å². The van der Waals surface area contributed by atoms with Gasteiger partial charge in [-0.25, -0.2) is 18.2 Å². The number of oxazole rings is 1. The van der Waals surface area contributed by atoms with Gasteiger partial charge >= 0.3 is 0 Å². The number of halogens is 3. The Kier molecular flexibility index (Phi) is 6.40. The van der Waals surface area contributed by atoms with Gasteiger partial charge in [-0.15, -0.1) is 0 Å². The molecule has 0 saturated heterocycles. The molecule has 1 heterocycles. The van der Waals surface area contributed by atoms with E-state index in [1.54, 1.807) is 0 Å². The molecule has 0 unspecified atom stereocenters. The van der Waals surface area contributed by atoms with E-state index >= 15 is 0 Å². The van der Waals surface area contributed by atoms with Gasteiger partial charge in [0.25, 0.3) is 0 Å². The van der Waals surface area contributed by atoms with Gasteiger partial charge in [0.15, 0.2) is 23.0 Å². The number of benzene rings is 8. The van der Waals surface area contributed by atoms with Crippen molar-refractivity contribution in [3.63, 3.8) is 0 Å². The van der Waals surface area contributed by atoms with Crippen LogP contribution in [0.5, 0.6) is 0 Å². The Bertz CT molecular complexity index is 2600. The number of nitrogens with zero attached hydrogens (tertiary/aromatic N) is 1. The Morgan fingerprint density at radius 1 is 0.417 bits per heavy atom.